The zero-order valence-electron chi connectivity index (χ0n) is 10.6. The Labute approximate surface area is 112 Å². The number of sulfonamides is 1. The number of pyridine rings is 1. The van der Waals surface area contributed by atoms with Crippen LogP contribution in [0.15, 0.2) is 24.5 Å². The lowest BCUT2D eigenvalue weighted by atomic mass is 10.1. The number of nitrogens with zero attached hydrogens (tertiary/aromatic N) is 2. The summed E-state index contributed by atoms with van der Waals surface area (Å²) in [4.78, 5) is 14.9. The first-order valence-electron chi connectivity index (χ1n) is 6.08. The lowest BCUT2D eigenvalue weighted by molar-refractivity contribution is -0.136. The summed E-state index contributed by atoms with van der Waals surface area (Å²) in [7, 11) is -3.83. The van der Waals surface area contributed by atoms with Crippen molar-refractivity contribution in [3.05, 3.63) is 30.1 Å². The maximum Gasteiger partial charge on any atom is 0.323 e. The van der Waals surface area contributed by atoms with Gasteiger partial charge >= 0.3 is 5.97 Å². The van der Waals surface area contributed by atoms with Crippen LogP contribution >= 0.6 is 0 Å². The number of hydrogen-bond donors (Lipinski definition) is 1. The average molecular weight is 284 g/mol. The smallest absolute Gasteiger partial charge is 0.323 e. The van der Waals surface area contributed by atoms with Crippen LogP contribution in [0.2, 0.25) is 0 Å². The Morgan fingerprint density at radius 3 is 2.89 bits per heavy atom. The van der Waals surface area contributed by atoms with Gasteiger partial charge < -0.3 is 5.11 Å². The SMILES string of the molecule is CC(C(=O)O)S(=O)(=O)N1CCCC1c1cccnc1. The summed E-state index contributed by atoms with van der Waals surface area (Å²) >= 11 is 0. The molecule has 0 radical (unpaired) electrons. The lowest BCUT2D eigenvalue weighted by Gasteiger charge is -2.25. The van der Waals surface area contributed by atoms with Crippen LogP contribution in [-0.4, -0.2) is 40.6 Å². The summed E-state index contributed by atoms with van der Waals surface area (Å²) in [5.74, 6) is -1.32. The molecule has 2 heterocycles. The molecule has 2 rings (SSSR count). The third-order valence-corrected chi connectivity index (χ3v) is 5.58. The van der Waals surface area contributed by atoms with E-state index < -0.39 is 21.2 Å². The monoisotopic (exact) mass is 284 g/mol. The normalized spacial score (nSPS) is 22.3. The van der Waals surface area contributed by atoms with Crippen LogP contribution in [0.25, 0.3) is 0 Å². The molecule has 1 aromatic heterocycles. The van der Waals surface area contributed by atoms with Crippen molar-refractivity contribution in [2.75, 3.05) is 6.54 Å². The molecule has 1 saturated heterocycles. The predicted octanol–water partition coefficient (Wildman–Crippen LogP) is 1.02. The fourth-order valence-electron chi connectivity index (χ4n) is 2.28. The minimum Gasteiger partial charge on any atom is -0.480 e. The highest BCUT2D eigenvalue weighted by Crippen LogP contribution is 2.34. The van der Waals surface area contributed by atoms with E-state index in [9.17, 15) is 13.2 Å². The van der Waals surface area contributed by atoms with Crippen molar-refractivity contribution in [3.8, 4) is 0 Å². The number of carbonyl (C=O) groups is 1. The van der Waals surface area contributed by atoms with Gasteiger partial charge in [0.15, 0.2) is 5.25 Å². The molecule has 2 unspecified atom stereocenters. The molecular formula is C12H16N2O4S. The molecule has 6 nitrogen and oxygen atoms in total. The number of carboxylic acid groups (broad SMARTS) is 1. The highest BCUT2D eigenvalue weighted by molar-refractivity contribution is 7.90. The van der Waals surface area contributed by atoms with Gasteiger partial charge in [-0.15, -0.1) is 0 Å². The Hall–Kier alpha value is -1.47. The van der Waals surface area contributed by atoms with Crippen molar-refractivity contribution in [2.45, 2.75) is 31.1 Å². The van der Waals surface area contributed by atoms with E-state index in [-0.39, 0.29) is 6.04 Å². The summed E-state index contributed by atoms with van der Waals surface area (Å²) in [6.07, 6.45) is 4.67. The molecule has 2 atom stereocenters. The Bertz CT molecular complexity index is 558. The summed E-state index contributed by atoms with van der Waals surface area (Å²) < 4.78 is 25.9. The van der Waals surface area contributed by atoms with E-state index in [4.69, 9.17) is 5.11 Å². The first-order chi connectivity index (χ1) is 8.94. The van der Waals surface area contributed by atoms with Crippen LogP contribution in [0.1, 0.15) is 31.4 Å². The molecule has 0 spiro atoms. The van der Waals surface area contributed by atoms with Crippen LogP contribution in [0.5, 0.6) is 0 Å². The molecule has 1 aliphatic heterocycles. The van der Waals surface area contributed by atoms with Gasteiger partial charge in [0.05, 0.1) is 6.04 Å². The van der Waals surface area contributed by atoms with Crippen molar-refractivity contribution in [2.24, 2.45) is 0 Å². The van der Waals surface area contributed by atoms with Crippen LogP contribution in [0, 0.1) is 0 Å². The van der Waals surface area contributed by atoms with Crippen molar-refractivity contribution in [3.63, 3.8) is 0 Å². The van der Waals surface area contributed by atoms with Gasteiger partial charge in [-0.25, -0.2) is 8.42 Å². The quantitative estimate of drug-likeness (QED) is 0.892. The second-order valence-corrected chi connectivity index (χ2v) is 6.79. The van der Waals surface area contributed by atoms with Crippen molar-refractivity contribution >= 4 is 16.0 Å². The van der Waals surface area contributed by atoms with Gasteiger partial charge in [-0.05, 0) is 31.4 Å². The van der Waals surface area contributed by atoms with E-state index in [1.165, 1.54) is 11.2 Å². The largest absolute Gasteiger partial charge is 0.480 e. The van der Waals surface area contributed by atoms with Crippen LogP contribution in [-0.2, 0) is 14.8 Å². The number of aromatic nitrogens is 1. The molecule has 1 aliphatic rings. The molecule has 19 heavy (non-hydrogen) atoms. The first-order valence-corrected chi connectivity index (χ1v) is 7.58. The topological polar surface area (TPSA) is 87.6 Å². The molecule has 1 fully saturated rings. The molecule has 1 N–H and O–H groups in total. The van der Waals surface area contributed by atoms with Gasteiger partial charge in [0, 0.05) is 18.9 Å². The molecule has 7 heteroatoms. The summed E-state index contributed by atoms with van der Waals surface area (Å²) in [6.45, 7) is 1.57. The van der Waals surface area contributed by atoms with E-state index in [0.717, 1.165) is 12.0 Å². The fraction of sp³-hybridized carbons (Fsp3) is 0.500. The van der Waals surface area contributed by atoms with Crippen molar-refractivity contribution < 1.29 is 18.3 Å². The average Bonchev–Trinajstić information content (AvgIpc) is 2.88. The zero-order valence-corrected chi connectivity index (χ0v) is 11.4. The standard InChI is InChI=1S/C12H16N2O4S/c1-9(12(15)16)19(17,18)14-7-3-5-11(14)10-4-2-6-13-8-10/h2,4,6,8-9,11H,3,5,7H2,1H3,(H,15,16). The summed E-state index contributed by atoms with van der Waals surface area (Å²) in [5, 5.41) is 7.49. The van der Waals surface area contributed by atoms with Gasteiger partial charge in [-0.3, -0.25) is 9.78 Å². The van der Waals surface area contributed by atoms with Crippen LogP contribution < -0.4 is 0 Å². The van der Waals surface area contributed by atoms with E-state index in [2.05, 4.69) is 4.98 Å². The second kappa shape index (κ2) is 5.26. The number of aliphatic carboxylic acids is 1. The Balaban J connectivity index is 2.32. The number of rotatable bonds is 4. The second-order valence-electron chi connectivity index (χ2n) is 4.58. The zero-order chi connectivity index (χ0) is 14.0. The van der Waals surface area contributed by atoms with E-state index in [1.54, 1.807) is 18.5 Å². The minimum absolute atomic E-state index is 0.305. The Morgan fingerprint density at radius 2 is 2.32 bits per heavy atom. The molecule has 0 aromatic carbocycles. The summed E-state index contributed by atoms with van der Waals surface area (Å²) in [5.41, 5.74) is 0.807. The van der Waals surface area contributed by atoms with Crippen molar-refractivity contribution in [1.29, 1.82) is 0 Å². The highest BCUT2D eigenvalue weighted by Gasteiger charge is 2.40. The highest BCUT2D eigenvalue weighted by atomic mass is 32.2. The number of carboxylic acids is 1. The minimum atomic E-state index is -3.83. The van der Waals surface area contributed by atoms with E-state index in [1.807, 2.05) is 6.07 Å². The van der Waals surface area contributed by atoms with E-state index in [0.29, 0.717) is 13.0 Å². The molecule has 0 bridgehead atoms. The molecule has 0 saturated carbocycles. The molecule has 104 valence electrons. The third kappa shape index (κ3) is 2.62. The lowest BCUT2D eigenvalue weighted by Crippen LogP contribution is -2.40. The number of hydrogen-bond acceptors (Lipinski definition) is 4. The van der Waals surface area contributed by atoms with Gasteiger partial charge in [-0.1, -0.05) is 6.07 Å². The first kappa shape index (κ1) is 14.0. The summed E-state index contributed by atoms with van der Waals surface area (Å²) in [6, 6.07) is 3.26. The predicted molar refractivity (Wildman–Crippen MR) is 68.9 cm³/mol. The molecule has 0 aliphatic carbocycles. The molecule has 1 aromatic rings. The fourth-order valence-corrected chi connectivity index (χ4v) is 3.91. The van der Waals surface area contributed by atoms with E-state index >= 15 is 0 Å². The van der Waals surface area contributed by atoms with Gasteiger partial charge in [-0.2, -0.15) is 4.31 Å². The van der Waals surface area contributed by atoms with Crippen molar-refractivity contribution in [1.82, 2.24) is 9.29 Å². The van der Waals surface area contributed by atoms with Crippen LogP contribution in [0.3, 0.4) is 0 Å². The van der Waals surface area contributed by atoms with Gasteiger partial charge in [0.1, 0.15) is 0 Å². The Kier molecular flexibility index (Phi) is 3.86. The molecule has 0 amide bonds. The maximum atomic E-state index is 12.3. The maximum absolute atomic E-state index is 12.3. The van der Waals surface area contributed by atoms with Gasteiger partial charge in [0.25, 0.3) is 0 Å². The third-order valence-electron chi connectivity index (χ3n) is 3.39. The molecular weight excluding hydrogens is 268 g/mol. The Morgan fingerprint density at radius 1 is 1.58 bits per heavy atom. The van der Waals surface area contributed by atoms with Crippen LogP contribution in [0.4, 0.5) is 0 Å². The van der Waals surface area contributed by atoms with Gasteiger partial charge in [0.2, 0.25) is 10.0 Å².